The van der Waals surface area contributed by atoms with Gasteiger partial charge in [-0.05, 0) is 37.3 Å². The SMILES string of the molecule is CCCCS(=O)(=O)NCC1CCN(C(=O)c2cccn(C)c2=O)CC1. The van der Waals surface area contributed by atoms with Gasteiger partial charge >= 0.3 is 0 Å². The Balaban J connectivity index is 1.86. The molecule has 1 aliphatic rings. The topological polar surface area (TPSA) is 88.5 Å². The minimum atomic E-state index is -3.20. The molecule has 0 aliphatic carbocycles. The van der Waals surface area contributed by atoms with Crippen molar-refractivity contribution >= 4 is 15.9 Å². The number of sulfonamides is 1. The molecule has 2 heterocycles. The van der Waals surface area contributed by atoms with Crippen LogP contribution in [0.5, 0.6) is 0 Å². The maximum Gasteiger partial charge on any atom is 0.263 e. The van der Waals surface area contributed by atoms with Gasteiger partial charge in [0.05, 0.1) is 5.75 Å². The van der Waals surface area contributed by atoms with Crippen molar-refractivity contribution in [1.29, 1.82) is 0 Å². The average Bonchev–Trinajstić information content (AvgIpc) is 2.60. The van der Waals surface area contributed by atoms with Crippen LogP contribution in [0.1, 0.15) is 43.0 Å². The van der Waals surface area contributed by atoms with E-state index in [9.17, 15) is 18.0 Å². The summed E-state index contributed by atoms with van der Waals surface area (Å²) in [5.41, 5.74) is -0.109. The predicted octanol–water partition coefficient (Wildman–Crippen LogP) is 0.957. The summed E-state index contributed by atoms with van der Waals surface area (Å²) in [5, 5.41) is 0. The van der Waals surface area contributed by atoms with Gasteiger partial charge in [-0.25, -0.2) is 13.1 Å². The molecule has 0 bridgehead atoms. The number of hydrogen-bond acceptors (Lipinski definition) is 4. The number of hydrogen-bond donors (Lipinski definition) is 1. The van der Waals surface area contributed by atoms with Gasteiger partial charge in [0, 0.05) is 32.9 Å². The van der Waals surface area contributed by atoms with Gasteiger partial charge in [0.2, 0.25) is 10.0 Å². The highest BCUT2D eigenvalue weighted by Gasteiger charge is 2.26. The molecule has 0 saturated carbocycles. The number of amides is 1. The van der Waals surface area contributed by atoms with Crippen LogP contribution in [0, 0.1) is 5.92 Å². The maximum absolute atomic E-state index is 12.5. The van der Waals surface area contributed by atoms with E-state index in [4.69, 9.17) is 0 Å². The molecule has 2 rings (SSSR count). The van der Waals surface area contributed by atoms with Crippen LogP contribution in [0.25, 0.3) is 0 Å². The third-order valence-electron chi connectivity index (χ3n) is 4.61. The van der Waals surface area contributed by atoms with Gasteiger partial charge in [0.1, 0.15) is 5.56 Å². The molecule has 0 radical (unpaired) electrons. The highest BCUT2D eigenvalue weighted by Crippen LogP contribution is 2.18. The first-order valence-corrected chi connectivity index (χ1v) is 10.4. The van der Waals surface area contributed by atoms with Gasteiger partial charge < -0.3 is 9.47 Å². The maximum atomic E-state index is 12.5. The molecular weight excluding hydrogens is 342 g/mol. The third kappa shape index (κ3) is 5.40. The Morgan fingerprint density at radius 1 is 1.32 bits per heavy atom. The standard InChI is InChI=1S/C17H27N3O4S/c1-3-4-12-25(23,24)18-13-14-7-10-20(11-8-14)17(22)15-6-5-9-19(2)16(15)21/h5-6,9,14,18H,3-4,7-8,10-13H2,1-2H3. The number of likely N-dealkylation sites (tertiary alicyclic amines) is 1. The number of carbonyl (C=O) groups excluding carboxylic acids is 1. The van der Waals surface area contributed by atoms with E-state index < -0.39 is 10.0 Å². The first kappa shape index (κ1) is 19.7. The van der Waals surface area contributed by atoms with Crippen LogP contribution in [0.2, 0.25) is 0 Å². The Morgan fingerprint density at radius 2 is 2.00 bits per heavy atom. The fourth-order valence-corrected chi connectivity index (χ4v) is 4.22. The highest BCUT2D eigenvalue weighted by molar-refractivity contribution is 7.89. The van der Waals surface area contributed by atoms with Crippen LogP contribution in [-0.4, -0.2) is 49.2 Å². The van der Waals surface area contributed by atoms with E-state index in [0.717, 1.165) is 19.3 Å². The van der Waals surface area contributed by atoms with Crippen molar-refractivity contribution in [1.82, 2.24) is 14.2 Å². The Hall–Kier alpha value is -1.67. The van der Waals surface area contributed by atoms with E-state index in [1.165, 1.54) is 4.57 Å². The van der Waals surface area contributed by atoms with Crippen molar-refractivity contribution in [3.8, 4) is 0 Å². The van der Waals surface area contributed by atoms with Gasteiger partial charge in [-0.1, -0.05) is 13.3 Å². The molecule has 0 atom stereocenters. The summed E-state index contributed by atoms with van der Waals surface area (Å²) in [6.07, 6.45) is 4.59. The number of aromatic nitrogens is 1. The summed E-state index contributed by atoms with van der Waals surface area (Å²) in [5.74, 6) is 0.139. The normalized spacial score (nSPS) is 16.2. The molecule has 140 valence electrons. The summed E-state index contributed by atoms with van der Waals surface area (Å²) in [4.78, 5) is 26.3. The van der Waals surface area contributed by atoms with E-state index in [-0.39, 0.29) is 28.7 Å². The number of nitrogens with zero attached hydrogens (tertiary/aromatic N) is 2. The molecule has 1 aromatic heterocycles. The fraction of sp³-hybridized carbons (Fsp3) is 0.647. The molecule has 25 heavy (non-hydrogen) atoms. The number of nitrogens with one attached hydrogen (secondary N) is 1. The van der Waals surface area contributed by atoms with Gasteiger partial charge in [0.25, 0.3) is 11.5 Å². The molecule has 7 nitrogen and oxygen atoms in total. The van der Waals surface area contributed by atoms with Crippen molar-refractivity contribution in [3.05, 3.63) is 34.2 Å². The van der Waals surface area contributed by atoms with E-state index in [2.05, 4.69) is 4.72 Å². The predicted molar refractivity (Wildman–Crippen MR) is 97.0 cm³/mol. The molecule has 1 amide bonds. The summed E-state index contributed by atoms with van der Waals surface area (Å²) >= 11 is 0. The van der Waals surface area contributed by atoms with Crippen molar-refractivity contribution in [3.63, 3.8) is 0 Å². The van der Waals surface area contributed by atoms with E-state index in [1.807, 2.05) is 6.92 Å². The minimum absolute atomic E-state index is 0.165. The number of pyridine rings is 1. The summed E-state index contributed by atoms with van der Waals surface area (Å²) in [6, 6.07) is 3.24. The van der Waals surface area contributed by atoms with Crippen LogP contribution in [0.15, 0.2) is 23.1 Å². The Labute approximate surface area is 149 Å². The molecule has 0 spiro atoms. The van der Waals surface area contributed by atoms with Crippen LogP contribution >= 0.6 is 0 Å². The summed E-state index contributed by atoms with van der Waals surface area (Å²) < 4.78 is 27.8. The molecule has 1 aliphatic heterocycles. The largest absolute Gasteiger partial charge is 0.338 e. The molecule has 0 aromatic carbocycles. The lowest BCUT2D eigenvalue weighted by atomic mass is 9.97. The minimum Gasteiger partial charge on any atom is -0.338 e. The molecule has 1 fully saturated rings. The van der Waals surface area contributed by atoms with E-state index in [1.54, 1.807) is 30.3 Å². The lowest BCUT2D eigenvalue weighted by Gasteiger charge is -2.32. The highest BCUT2D eigenvalue weighted by atomic mass is 32.2. The zero-order valence-electron chi connectivity index (χ0n) is 14.9. The number of piperidine rings is 1. The molecule has 8 heteroatoms. The molecule has 1 N–H and O–H groups in total. The number of carbonyl (C=O) groups is 1. The number of aryl methyl sites for hydroxylation is 1. The monoisotopic (exact) mass is 369 g/mol. The van der Waals surface area contributed by atoms with Gasteiger partial charge in [0.15, 0.2) is 0 Å². The second-order valence-corrected chi connectivity index (χ2v) is 8.52. The third-order valence-corrected chi connectivity index (χ3v) is 6.05. The van der Waals surface area contributed by atoms with Crippen molar-refractivity contribution < 1.29 is 13.2 Å². The van der Waals surface area contributed by atoms with Crippen LogP contribution in [-0.2, 0) is 17.1 Å². The lowest BCUT2D eigenvalue weighted by Crippen LogP contribution is -2.43. The van der Waals surface area contributed by atoms with Gasteiger partial charge in [-0.15, -0.1) is 0 Å². The van der Waals surface area contributed by atoms with E-state index in [0.29, 0.717) is 26.1 Å². The quantitative estimate of drug-likeness (QED) is 0.775. The molecule has 1 saturated heterocycles. The molecular formula is C17H27N3O4S. The first-order valence-electron chi connectivity index (χ1n) is 8.76. The smallest absolute Gasteiger partial charge is 0.263 e. The second kappa shape index (κ2) is 8.62. The van der Waals surface area contributed by atoms with Crippen molar-refractivity contribution in [2.45, 2.75) is 32.6 Å². The summed E-state index contributed by atoms with van der Waals surface area (Å²) in [7, 11) is -1.58. The van der Waals surface area contributed by atoms with E-state index >= 15 is 0 Å². The average molecular weight is 369 g/mol. The Morgan fingerprint density at radius 3 is 2.64 bits per heavy atom. The zero-order chi connectivity index (χ0) is 18.4. The van der Waals surface area contributed by atoms with Crippen LogP contribution in [0.4, 0.5) is 0 Å². The van der Waals surface area contributed by atoms with Crippen LogP contribution in [0.3, 0.4) is 0 Å². The molecule has 1 aromatic rings. The van der Waals surface area contributed by atoms with Gasteiger partial charge in [-0.3, -0.25) is 9.59 Å². The van der Waals surface area contributed by atoms with Crippen molar-refractivity contribution in [2.24, 2.45) is 13.0 Å². The van der Waals surface area contributed by atoms with Crippen molar-refractivity contribution in [2.75, 3.05) is 25.4 Å². The lowest BCUT2D eigenvalue weighted by molar-refractivity contribution is 0.0689. The second-order valence-electron chi connectivity index (χ2n) is 6.59. The van der Waals surface area contributed by atoms with Gasteiger partial charge in [-0.2, -0.15) is 0 Å². The number of rotatable bonds is 7. The molecule has 0 unspecified atom stereocenters. The van der Waals surface area contributed by atoms with Crippen LogP contribution < -0.4 is 10.3 Å². The number of unbranched alkanes of at least 4 members (excludes halogenated alkanes) is 1. The summed E-state index contributed by atoms with van der Waals surface area (Å²) in [6.45, 7) is 3.46. The Bertz CT molecular complexity index is 749. The fourth-order valence-electron chi connectivity index (χ4n) is 2.92. The zero-order valence-corrected chi connectivity index (χ0v) is 15.7. The first-order chi connectivity index (χ1) is 11.8. The Kier molecular flexibility index (Phi) is 6.78.